The predicted octanol–water partition coefficient (Wildman–Crippen LogP) is 0.0209. The third-order valence-corrected chi connectivity index (χ3v) is 1.93. The zero-order valence-corrected chi connectivity index (χ0v) is 5.55. The van der Waals surface area contributed by atoms with Crippen LogP contribution in [-0.2, 0) is 0 Å². The van der Waals surface area contributed by atoms with E-state index in [1.54, 1.807) is 0 Å². The summed E-state index contributed by atoms with van der Waals surface area (Å²) in [5.74, 6) is 0. The Morgan fingerprint density at radius 2 is 2.44 bits per heavy atom. The van der Waals surface area contributed by atoms with Gasteiger partial charge in [0.25, 0.3) is 0 Å². The summed E-state index contributed by atoms with van der Waals surface area (Å²) in [4.78, 5) is 1.85. The number of likely N-dealkylation sites (tertiary alicyclic amines) is 1. The van der Waals surface area contributed by atoms with Crippen LogP contribution in [0.2, 0.25) is 0 Å². The number of halogens is 1. The van der Waals surface area contributed by atoms with E-state index in [0.29, 0.717) is 6.42 Å². The molecule has 0 radical (unpaired) electrons. The fourth-order valence-electron chi connectivity index (χ4n) is 1.22. The van der Waals surface area contributed by atoms with Gasteiger partial charge in [-0.2, -0.15) is 0 Å². The molecule has 2 nitrogen and oxygen atoms in total. The smallest absolute Gasteiger partial charge is 0.119 e. The second kappa shape index (κ2) is 2.62. The largest absolute Gasteiger partial charge is 0.395 e. The molecule has 1 saturated heterocycles. The van der Waals surface area contributed by atoms with Crippen molar-refractivity contribution in [2.75, 3.05) is 20.2 Å². The van der Waals surface area contributed by atoms with Gasteiger partial charge in [0, 0.05) is 6.54 Å². The van der Waals surface area contributed by atoms with E-state index >= 15 is 0 Å². The van der Waals surface area contributed by atoms with Crippen molar-refractivity contribution in [3.8, 4) is 0 Å². The number of aliphatic hydroxyl groups excluding tert-OH is 1. The molecule has 0 bridgehead atoms. The van der Waals surface area contributed by atoms with Gasteiger partial charge >= 0.3 is 0 Å². The quantitative estimate of drug-likeness (QED) is 0.545. The van der Waals surface area contributed by atoms with E-state index in [1.165, 1.54) is 0 Å². The first-order valence-corrected chi connectivity index (χ1v) is 3.21. The SMILES string of the molecule is CN1CCC(F)C1CO. The van der Waals surface area contributed by atoms with Crippen LogP contribution in [0.5, 0.6) is 0 Å². The second-order valence-electron chi connectivity index (χ2n) is 2.54. The molecule has 1 aliphatic heterocycles. The lowest BCUT2D eigenvalue weighted by Crippen LogP contribution is -2.33. The van der Waals surface area contributed by atoms with Crippen LogP contribution in [0.3, 0.4) is 0 Å². The van der Waals surface area contributed by atoms with Gasteiger partial charge in [-0.25, -0.2) is 4.39 Å². The Morgan fingerprint density at radius 3 is 2.67 bits per heavy atom. The molecule has 54 valence electrons. The van der Waals surface area contributed by atoms with Gasteiger partial charge in [0.1, 0.15) is 6.17 Å². The van der Waals surface area contributed by atoms with Crippen molar-refractivity contribution in [1.82, 2.24) is 4.90 Å². The number of hydrogen-bond acceptors (Lipinski definition) is 2. The first kappa shape index (κ1) is 6.96. The summed E-state index contributed by atoms with van der Waals surface area (Å²) in [6.45, 7) is 0.712. The minimum absolute atomic E-state index is 0.0579. The Hall–Kier alpha value is -0.150. The molecule has 2 unspecified atom stereocenters. The van der Waals surface area contributed by atoms with E-state index in [-0.39, 0.29) is 12.6 Å². The summed E-state index contributed by atoms with van der Waals surface area (Å²) < 4.78 is 12.6. The van der Waals surface area contributed by atoms with E-state index < -0.39 is 6.17 Å². The lowest BCUT2D eigenvalue weighted by molar-refractivity contribution is 0.135. The van der Waals surface area contributed by atoms with Crippen LogP contribution < -0.4 is 0 Å². The maximum atomic E-state index is 12.6. The lowest BCUT2D eigenvalue weighted by Gasteiger charge is -2.17. The van der Waals surface area contributed by atoms with Crippen molar-refractivity contribution in [1.29, 1.82) is 0 Å². The zero-order chi connectivity index (χ0) is 6.85. The van der Waals surface area contributed by atoms with E-state index in [1.807, 2.05) is 11.9 Å². The maximum absolute atomic E-state index is 12.6. The van der Waals surface area contributed by atoms with Gasteiger partial charge in [-0.05, 0) is 13.5 Å². The van der Waals surface area contributed by atoms with Gasteiger partial charge in [0.15, 0.2) is 0 Å². The Labute approximate surface area is 54.3 Å². The van der Waals surface area contributed by atoms with Gasteiger partial charge in [-0.1, -0.05) is 0 Å². The molecule has 2 atom stereocenters. The minimum atomic E-state index is -0.819. The molecule has 0 spiro atoms. The van der Waals surface area contributed by atoms with Crippen molar-refractivity contribution >= 4 is 0 Å². The van der Waals surface area contributed by atoms with Gasteiger partial charge in [0.05, 0.1) is 12.6 Å². The molecule has 0 aromatic rings. The average molecular weight is 133 g/mol. The molecule has 1 N–H and O–H groups in total. The molecular formula is C6H12FNO. The number of likely N-dealkylation sites (N-methyl/N-ethyl adjacent to an activating group) is 1. The highest BCUT2D eigenvalue weighted by Crippen LogP contribution is 2.17. The molecule has 0 aromatic carbocycles. The molecular weight excluding hydrogens is 121 g/mol. The lowest BCUT2D eigenvalue weighted by atomic mass is 10.2. The third-order valence-electron chi connectivity index (χ3n) is 1.93. The summed E-state index contributed by atoms with van der Waals surface area (Å²) in [6, 6.07) is -0.245. The molecule has 0 amide bonds. The fraction of sp³-hybridized carbons (Fsp3) is 1.00. The molecule has 0 aromatic heterocycles. The number of nitrogens with zero attached hydrogens (tertiary/aromatic N) is 1. The Balaban J connectivity index is 2.44. The zero-order valence-electron chi connectivity index (χ0n) is 5.55. The summed E-state index contributed by atoms with van der Waals surface area (Å²) in [6.07, 6.45) is -0.248. The van der Waals surface area contributed by atoms with Gasteiger partial charge in [-0.15, -0.1) is 0 Å². The number of rotatable bonds is 1. The molecule has 1 rings (SSSR count). The van der Waals surface area contributed by atoms with E-state index in [9.17, 15) is 4.39 Å². The number of aliphatic hydroxyl groups is 1. The van der Waals surface area contributed by atoms with Crippen LogP contribution >= 0.6 is 0 Å². The molecule has 0 aliphatic carbocycles. The van der Waals surface area contributed by atoms with E-state index in [4.69, 9.17) is 5.11 Å². The van der Waals surface area contributed by atoms with Gasteiger partial charge in [0.2, 0.25) is 0 Å². The average Bonchev–Trinajstić information content (AvgIpc) is 2.12. The third kappa shape index (κ3) is 1.22. The highest BCUT2D eigenvalue weighted by Gasteiger charge is 2.30. The summed E-state index contributed by atoms with van der Waals surface area (Å²) in [7, 11) is 1.83. The van der Waals surface area contributed by atoms with Crippen LogP contribution in [0.4, 0.5) is 4.39 Å². The highest BCUT2D eigenvalue weighted by atomic mass is 19.1. The van der Waals surface area contributed by atoms with E-state index in [0.717, 1.165) is 6.54 Å². The summed E-state index contributed by atoms with van der Waals surface area (Å²) >= 11 is 0. The Bertz CT molecular complexity index is 89.1. The minimum Gasteiger partial charge on any atom is -0.395 e. The normalized spacial score (nSPS) is 37.7. The van der Waals surface area contributed by atoms with Crippen LogP contribution in [0.25, 0.3) is 0 Å². The summed E-state index contributed by atoms with van der Waals surface area (Å²) in [5, 5.41) is 8.63. The van der Waals surface area contributed by atoms with Crippen LogP contribution in [0.15, 0.2) is 0 Å². The first-order chi connectivity index (χ1) is 4.25. The Kier molecular flexibility index (Phi) is 2.03. The second-order valence-corrected chi connectivity index (χ2v) is 2.54. The topological polar surface area (TPSA) is 23.5 Å². The molecule has 1 aliphatic rings. The van der Waals surface area contributed by atoms with Crippen LogP contribution in [-0.4, -0.2) is 42.4 Å². The standard InChI is InChI=1S/C6H12FNO/c1-8-3-2-5(7)6(8)4-9/h5-6,9H,2-4H2,1H3. The molecule has 9 heavy (non-hydrogen) atoms. The first-order valence-electron chi connectivity index (χ1n) is 3.21. The molecule has 0 saturated carbocycles. The summed E-state index contributed by atoms with van der Waals surface area (Å²) in [5.41, 5.74) is 0. The van der Waals surface area contributed by atoms with Crippen LogP contribution in [0.1, 0.15) is 6.42 Å². The van der Waals surface area contributed by atoms with Crippen molar-refractivity contribution in [2.45, 2.75) is 18.6 Å². The number of hydrogen-bond donors (Lipinski definition) is 1. The van der Waals surface area contributed by atoms with Crippen molar-refractivity contribution in [2.24, 2.45) is 0 Å². The van der Waals surface area contributed by atoms with Gasteiger partial charge in [-0.3, -0.25) is 4.90 Å². The molecule has 1 heterocycles. The van der Waals surface area contributed by atoms with E-state index in [2.05, 4.69) is 0 Å². The van der Waals surface area contributed by atoms with Crippen molar-refractivity contribution in [3.05, 3.63) is 0 Å². The van der Waals surface area contributed by atoms with Crippen molar-refractivity contribution < 1.29 is 9.50 Å². The molecule has 1 fully saturated rings. The predicted molar refractivity (Wildman–Crippen MR) is 33.0 cm³/mol. The number of alkyl halides is 1. The van der Waals surface area contributed by atoms with Gasteiger partial charge < -0.3 is 5.11 Å². The monoisotopic (exact) mass is 133 g/mol. The van der Waals surface area contributed by atoms with Crippen LogP contribution in [0, 0.1) is 0 Å². The fourth-order valence-corrected chi connectivity index (χ4v) is 1.22. The highest BCUT2D eigenvalue weighted by molar-refractivity contribution is 4.84. The maximum Gasteiger partial charge on any atom is 0.119 e. The van der Waals surface area contributed by atoms with Crippen molar-refractivity contribution in [3.63, 3.8) is 0 Å². The molecule has 3 heteroatoms. The Morgan fingerprint density at radius 1 is 1.78 bits per heavy atom.